The highest BCUT2D eigenvalue weighted by Crippen LogP contribution is 2.36. The van der Waals surface area contributed by atoms with E-state index >= 15 is 0 Å². The van der Waals surface area contributed by atoms with E-state index < -0.39 is 22.7 Å². The molecule has 1 N–H and O–H groups in total. The summed E-state index contributed by atoms with van der Waals surface area (Å²) in [4.78, 5) is 14.3. The largest absolute Gasteiger partial charge is 0.417 e. The minimum atomic E-state index is -4.60. The second-order valence-corrected chi connectivity index (χ2v) is 7.84. The lowest BCUT2D eigenvalue weighted by atomic mass is 9.90. The van der Waals surface area contributed by atoms with E-state index in [1.807, 2.05) is 24.3 Å². The van der Waals surface area contributed by atoms with Crippen molar-refractivity contribution in [3.63, 3.8) is 0 Å². The van der Waals surface area contributed by atoms with Gasteiger partial charge in [-0.1, -0.05) is 41.9 Å². The van der Waals surface area contributed by atoms with Crippen LogP contribution in [-0.4, -0.2) is 23.9 Å². The molecule has 1 amide bonds. The molecule has 4 nitrogen and oxygen atoms in total. The Balaban J connectivity index is 1.61. The molecular weight excluding hydrogens is 427 g/mol. The molecular formula is C23H21ClF3N3O. The van der Waals surface area contributed by atoms with Crippen LogP contribution in [0.25, 0.3) is 0 Å². The summed E-state index contributed by atoms with van der Waals surface area (Å²) in [5.41, 5.74) is 0.192. The molecule has 1 aliphatic rings. The summed E-state index contributed by atoms with van der Waals surface area (Å²) >= 11 is 5.61. The lowest BCUT2D eigenvalue weighted by Gasteiger charge is -2.32. The summed E-state index contributed by atoms with van der Waals surface area (Å²) in [6, 6.07) is 15.3. The van der Waals surface area contributed by atoms with Gasteiger partial charge in [0.15, 0.2) is 0 Å². The molecule has 2 aromatic rings. The van der Waals surface area contributed by atoms with Gasteiger partial charge in [-0.15, -0.1) is 0 Å². The van der Waals surface area contributed by atoms with E-state index in [0.29, 0.717) is 19.0 Å². The molecule has 2 aromatic carbocycles. The number of carbonyl (C=O) groups excluding carboxylic acids is 1. The molecule has 3 rings (SSSR count). The molecule has 0 saturated carbocycles. The molecule has 0 radical (unpaired) electrons. The van der Waals surface area contributed by atoms with Gasteiger partial charge >= 0.3 is 6.18 Å². The van der Waals surface area contributed by atoms with Gasteiger partial charge in [-0.3, -0.25) is 4.79 Å². The Bertz CT molecular complexity index is 991. The molecule has 0 unspecified atom stereocenters. The van der Waals surface area contributed by atoms with E-state index in [-0.39, 0.29) is 11.3 Å². The van der Waals surface area contributed by atoms with Gasteiger partial charge in [-0.2, -0.15) is 18.4 Å². The Morgan fingerprint density at radius 2 is 1.87 bits per heavy atom. The highest BCUT2D eigenvalue weighted by molar-refractivity contribution is 6.31. The highest BCUT2D eigenvalue weighted by Gasteiger charge is 2.33. The minimum Gasteiger partial charge on any atom is -0.360 e. The lowest BCUT2D eigenvalue weighted by Crippen LogP contribution is -2.39. The topological polar surface area (TPSA) is 56.1 Å². The zero-order valence-corrected chi connectivity index (χ0v) is 17.4. The standard InChI is InChI=1S/C23H21ClF3N3O/c24-21-7-6-19(13-20(21)23(25,26)27)29-15-18(14-28)22(31)30-10-8-17(9-11-30)12-16-4-2-1-3-5-16/h1-7,13,15,17,29H,8-12H2/b18-15-. The SMILES string of the molecule is N#C/C(=C/Nc1ccc(Cl)c(C(F)(F)F)c1)C(=O)N1CCC(Cc2ccccc2)CC1. The first kappa shape index (κ1) is 22.7. The quantitative estimate of drug-likeness (QED) is 0.475. The van der Waals surface area contributed by atoms with Crippen LogP contribution in [0.5, 0.6) is 0 Å². The number of hydrogen-bond acceptors (Lipinski definition) is 3. The normalized spacial score (nSPS) is 15.5. The van der Waals surface area contributed by atoms with Crippen molar-refractivity contribution < 1.29 is 18.0 Å². The van der Waals surface area contributed by atoms with Crippen LogP contribution >= 0.6 is 11.6 Å². The third-order valence-electron chi connectivity index (χ3n) is 5.27. The summed E-state index contributed by atoms with van der Waals surface area (Å²) in [5.74, 6) is 0.0344. The fourth-order valence-electron chi connectivity index (χ4n) is 3.59. The number of anilines is 1. The Kier molecular flexibility index (Phi) is 7.24. The second kappa shape index (κ2) is 9.88. The Morgan fingerprint density at radius 1 is 1.19 bits per heavy atom. The first-order valence-electron chi connectivity index (χ1n) is 9.84. The monoisotopic (exact) mass is 447 g/mol. The van der Waals surface area contributed by atoms with Crippen LogP contribution in [-0.2, 0) is 17.4 Å². The van der Waals surface area contributed by atoms with Crippen LogP contribution < -0.4 is 5.32 Å². The Hall–Kier alpha value is -2.98. The number of carbonyl (C=O) groups is 1. The third kappa shape index (κ3) is 6.02. The lowest BCUT2D eigenvalue weighted by molar-refractivity contribution is -0.137. The number of alkyl halides is 3. The molecule has 0 aliphatic carbocycles. The average molecular weight is 448 g/mol. The van der Waals surface area contributed by atoms with Gasteiger partial charge in [0.1, 0.15) is 11.6 Å². The highest BCUT2D eigenvalue weighted by atomic mass is 35.5. The number of nitrogens with one attached hydrogen (secondary N) is 1. The summed E-state index contributed by atoms with van der Waals surface area (Å²) in [6.07, 6.45) is -0.848. The molecule has 1 saturated heterocycles. The van der Waals surface area contributed by atoms with Crippen LogP contribution in [0.4, 0.5) is 18.9 Å². The fraction of sp³-hybridized carbons (Fsp3) is 0.304. The fourth-order valence-corrected chi connectivity index (χ4v) is 3.81. The maximum Gasteiger partial charge on any atom is 0.417 e. The molecule has 0 spiro atoms. The summed E-state index contributed by atoms with van der Waals surface area (Å²) in [6.45, 7) is 1.07. The van der Waals surface area contributed by atoms with Crippen molar-refractivity contribution in [1.29, 1.82) is 5.26 Å². The number of halogens is 4. The van der Waals surface area contributed by atoms with Gasteiger partial charge in [0.05, 0.1) is 10.6 Å². The van der Waals surface area contributed by atoms with Crippen molar-refractivity contribution in [3.05, 3.63) is 76.5 Å². The first-order chi connectivity index (χ1) is 14.8. The predicted octanol–water partition coefficient (Wildman–Crippen LogP) is 5.66. The van der Waals surface area contributed by atoms with E-state index in [2.05, 4.69) is 17.4 Å². The second-order valence-electron chi connectivity index (χ2n) is 7.43. The van der Waals surface area contributed by atoms with Crippen LogP contribution in [0.3, 0.4) is 0 Å². The van der Waals surface area contributed by atoms with Crippen LogP contribution in [0.2, 0.25) is 5.02 Å². The molecule has 162 valence electrons. The van der Waals surface area contributed by atoms with E-state index in [9.17, 15) is 23.2 Å². The average Bonchev–Trinajstić information content (AvgIpc) is 2.75. The Morgan fingerprint density at radius 3 is 2.48 bits per heavy atom. The number of benzene rings is 2. The molecule has 0 aromatic heterocycles. The van der Waals surface area contributed by atoms with Crippen LogP contribution in [0.1, 0.15) is 24.0 Å². The zero-order valence-electron chi connectivity index (χ0n) is 16.6. The van der Waals surface area contributed by atoms with Gasteiger partial charge in [0.25, 0.3) is 5.91 Å². The molecule has 0 bridgehead atoms. The van der Waals surface area contributed by atoms with Gasteiger partial charge in [-0.25, -0.2) is 0 Å². The molecule has 0 atom stereocenters. The maximum absolute atomic E-state index is 13.0. The zero-order chi connectivity index (χ0) is 22.4. The minimum absolute atomic E-state index is 0.0823. The van der Waals surface area contributed by atoms with Gasteiger partial charge in [-0.05, 0) is 48.9 Å². The van der Waals surface area contributed by atoms with Crippen molar-refractivity contribution in [3.8, 4) is 6.07 Å². The number of piperidine rings is 1. The molecule has 1 heterocycles. The molecule has 8 heteroatoms. The van der Waals surface area contributed by atoms with Crippen LogP contribution in [0.15, 0.2) is 60.3 Å². The van der Waals surface area contributed by atoms with Gasteiger partial charge in [0, 0.05) is 25.0 Å². The summed E-state index contributed by atoms with van der Waals surface area (Å²) < 4.78 is 39.0. The van der Waals surface area contributed by atoms with E-state index in [4.69, 9.17) is 11.6 Å². The van der Waals surface area contributed by atoms with Crippen molar-refractivity contribution in [1.82, 2.24) is 4.90 Å². The number of amides is 1. The van der Waals surface area contributed by atoms with Gasteiger partial charge < -0.3 is 10.2 Å². The maximum atomic E-state index is 13.0. The molecule has 1 fully saturated rings. The number of hydrogen-bond donors (Lipinski definition) is 1. The predicted molar refractivity (Wildman–Crippen MR) is 113 cm³/mol. The molecule has 1 aliphatic heterocycles. The first-order valence-corrected chi connectivity index (χ1v) is 10.2. The number of nitrogens with zero attached hydrogens (tertiary/aromatic N) is 2. The van der Waals surface area contributed by atoms with Crippen molar-refractivity contribution in [2.45, 2.75) is 25.4 Å². The number of nitriles is 1. The van der Waals surface area contributed by atoms with E-state index in [1.165, 1.54) is 11.6 Å². The van der Waals surface area contributed by atoms with Crippen molar-refractivity contribution in [2.24, 2.45) is 5.92 Å². The van der Waals surface area contributed by atoms with Gasteiger partial charge in [0.2, 0.25) is 0 Å². The summed E-state index contributed by atoms with van der Waals surface area (Å²) in [5, 5.41) is 11.6. The summed E-state index contributed by atoms with van der Waals surface area (Å²) in [7, 11) is 0. The smallest absolute Gasteiger partial charge is 0.360 e. The van der Waals surface area contributed by atoms with Crippen LogP contribution in [0, 0.1) is 17.2 Å². The van der Waals surface area contributed by atoms with Crippen molar-refractivity contribution in [2.75, 3.05) is 18.4 Å². The number of rotatable bonds is 5. The third-order valence-corrected chi connectivity index (χ3v) is 5.60. The van der Waals surface area contributed by atoms with Crippen molar-refractivity contribution >= 4 is 23.2 Å². The van der Waals surface area contributed by atoms with E-state index in [0.717, 1.165) is 37.6 Å². The Labute approximate surface area is 183 Å². The molecule has 31 heavy (non-hydrogen) atoms. The van der Waals surface area contributed by atoms with E-state index in [1.54, 1.807) is 4.90 Å². The number of likely N-dealkylation sites (tertiary alicyclic amines) is 1.